The number of likely N-dealkylation sites (N-methyl/N-ethyl adjacent to an activating group) is 2. The molecule has 7 heteroatoms. The number of amides is 2. The molecular formula is C32H33N3O4. The van der Waals surface area contributed by atoms with E-state index in [0.717, 1.165) is 27.5 Å². The first-order valence-electron chi connectivity index (χ1n) is 12.9. The molecule has 0 fully saturated rings. The molecule has 2 amide bonds. The Morgan fingerprint density at radius 2 is 1.33 bits per heavy atom. The van der Waals surface area contributed by atoms with E-state index in [4.69, 9.17) is 5.73 Å². The summed E-state index contributed by atoms with van der Waals surface area (Å²) in [7, 11) is 3.08. The van der Waals surface area contributed by atoms with E-state index in [9.17, 15) is 19.5 Å². The van der Waals surface area contributed by atoms with Crippen LogP contribution in [0.2, 0.25) is 0 Å². The van der Waals surface area contributed by atoms with Crippen LogP contribution in [0.5, 0.6) is 0 Å². The summed E-state index contributed by atoms with van der Waals surface area (Å²) in [5.41, 5.74) is 8.66. The van der Waals surface area contributed by atoms with Gasteiger partial charge < -0.3 is 20.6 Å². The molecule has 0 radical (unpaired) electrons. The standard InChI is InChI=1S/C32H33N3O4/c1-34(30(36)27-14-8-11-24(18-27)21-33)28(20-23-15-16-25-12-6-7-13-26(25)17-23)31(37)35(2)29(32(38)39)19-22-9-4-3-5-10-22/h3-18,28-29H,19-21,33H2,1-2H3,(H,38,39)/t28-,29-/m1/s1. The number of carbonyl (C=O) groups excluding carboxylic acids is 2. The fourth-order valence-electron chi connectivity index (χ4n) is 4.77. The van der Waals surface area contributed by atoms with Crippen LogP contribution in [0.3, 0.4) is 0 Å². The Morgan fingerprint density at radius 1 is 0.692 bits per heavy atom. The van der Waals surface area contributed by atoms with Crippen molar-refractivity contribution in [3.8, 4) is 0 Å². The van der Waals surface area contributed by atoms with Crippen LogP contribution in [-0.2, 0) is 29.0 Å². The zero-order valence-corrected chi connectivity index (χ0v) is 22.2. The van der Waals surface area contributed by atoms with Gasteiger partial charge in [0, 0.05) is 39.0 Å². The maximum atomic E-state index is 14.0. The summed E-state index contributed by atoms with van der Waals surface area (Å²) >= 11 is 0. The van der Waals surface area contributed by atoms with Gasteiger partial charge in [0.1, 0.15) is 12.1 Å². The van der Waals surface area contributed by atoms with E-state index in [1.54, 1.807) is 25.2 Å². The van der Waals surface area contributed by atoms with Gasteiger partial charge in [-0.1, -0.05) is 84.9 Å². The SMILES string of the molecule is CN(C(=O)c1cccc(CN)c1)[C@H](Cc1ccc2ccccc2c1)C(=O)N(C)[C@H](Cc1ccccc1)C(=O)O. The highest BCUT2D eigenvalue weighted by Crippen LogP contribution is 2.21. The maximum Gasteiger partial charge on any atom is 0.326 e. The third kappa shape index (κ3) is 6.51. The van der Waals surface area contributed by atoms with Gasteiger partial charge >= 0.3 is 5.97 Å². The molecule has 2 atom stereocenters. The summed E-state index contributed by atoms with van der Waals surface area (Å²) in [4.78, 5) is 42.5. The minimum atomic E-state index is -1.11. The molecule has 0 bridgehead atoms. The third-order valence-electron chi connectivity index (χ3n) is 7.10. The first kappa shape index (κ1) is 27.5. The molecular weight excluding hydrogens is 490 g/mol. The topological polar surface area (TPSA) is 104 Å². The van der Waals surface area contributed by atoms with Crippen molar-refractivity contribution in [2.75, 3.05) is 14.1 Å². The van der Waals surface area contributed by atoms with Crippen LogP contribution in [0.25, 0.3) is 10.8 Å². The predicted octanol–water partition coefficient (Wildman–Crippen LogP) is 4.14. The summed E-state index contributed by atoms with van der Waals surface area (Å²) in [6, 6.07) is 28.0. The number of carbonyl (C=O) groups is 3. The van der Waals surface area contributed by atoms with Crippen molar-refractivity contribution in [1.82, 2.24) is 9.80 Å². The molecule has 0 aliphatic carbocycles. The molecule has 0 saturated heterocycles. The summed E-state index contributed by atoms with van der Waals surface area (Å²) in [6.45, 7) is 0.285. The van der Waals surface area contributed by atoms with Crippen LogP contribution in [0.4, 0.5) is 0 Å². The maximum absolute atomic E-state index is 14.0. The van der Waals surface area contributed by atoms with Gasteiger partial charge in [0.25, 0.3) is 5.91 Å². The van der Waals surface area contributed by atoms with E-state index >= 15 is 0 Å². The van der Waals surface area contributed by atoms with E-state index < -0.39 is 24.0 Å². The largest absolute Gasteiger partial charge is 0.480 e. The van der Waals surface area contributed by atoms with Gasteiger partial charge in [0.15, 0.2) is 0 Å². The van der Waals surface area contributed by atoms with Gasteiger partial charge in [-0.25, -0.2) is 4.79 Å². The van der Waals surface area contributed by atoms with Gasteiger partial charge in [-0.05, 0) is 39.6 Å². The number of benzene rings is 4. The minimum absolute atomic E-state index is 0.150. The Balaban J connectivity index is 1.68. The Hall–Kier alpha value is -4.49. The molecule has 0 saturated carbocycles. The van der Waals surface area contributed by atoms with Crippen molar-refractivity contribution >= 4 is 28.6 Å². The smallest absolute Gasteiger partial charge is 0.326 e. The molecule has 4 rings (SSSR count). The molecule has 0 heterocycles. The van der Waals surface area contributed by atoms with E-state index in [0.29, 0.717) is 5.56 Å². The van der Waals surface area contributed by atoms with Crippen molar-refractivity contribution in [2.24, 2.45) is 5.73 Å². The average molecular weight is 524 g/mol. The summed E-state index contributed by atoms with van der Waals surface area (Å²) in [6.07, 6.45) is 0.377. The normalized spacial score (nSPS) is 12.5. The fraction of sp³-hybridized carbons (Fsp3) is 0.219. The highest BCUT2D eigenvalue weighted by Gasteiger charge is 2.35. The number of nitrogens with zero attached hydrogens (tertiary/aromatic N) is 2. The zero-order chi connectivity index (χ0) is 27.9. The Morgan fingerprint density at radius 3 is 2.03 bits per heavy atom. The lowest BCUT2D eigenvalue weighted by Gasteiger charge is -2.34. The first-order chi connectivity index (χ1) is 18.8. The minimum Gasteiger partial charge on any atom is -0.480 e. The predicted molar refractivity (Wildman–Crippen MR) is 152 cm³/mol. The summed E-state index contributed by atoms with van der Waals surface area (Å²) < 4.78 is 0. The fourth-order valence-corrected chi connectivity index (χ4v) is 4.77. The van der Waals surface area contributed by atoms with Gasteiger partial charge in [-0.15, -0.1) is 0 Å². The van der Waals surface area contributed by atoms with E-state index in [2.05, 4.69) is 0 Å². The van der Waals surface area contributed by atoms with Gasteiger partial charge in [0.05, 0.1) is 0 Å². The number of carboxylic acid groups (broad SMARTS) is 1. The van der Waals surface area contributed by atoms with E-state index in [-0.39, 0.29) is 25.3 Å². The molecule has 39 heavy (non-hydrogen) atoms. The second kappa shape index (κ2) is 12.4. The Labute approximate surface area is 228 Å². The third-order valence-corrected chi connectivity index (χ3v) is 7.10. The van der Waals surface area contributed by atoms with Crippen molar-refractivity contribution in [2.45, 2.75) is 31.5 Å². The Kier molecular flexibility index (Phi) is 8.74. The van der Waals surface area contributed by atoms with Crippen LogP contribution in [-0.4, -0.2) is 58.9 Å². The number of carboxylic acids is 1. The van der Waals surface area contributed by atoms with Gasteiger partial charge in [0.2, 0.25) is 5.91 Å². The number of nitrogens with two attached hydrogens (primary N) is 1. The molecule has 0 aromatic heterocycles. The molecule has 4 aromatic carbocycles. The molecule has 0 aliphatic rings. The van der Waals surface area contributed by atoms with E-state index in [1.165, 1.54) is 16.8 Å². The van der Waals surface area contributed by atoms with Crippen molar-refractivity contribution < 1.29 is 19.5 Å². The van der Waals surface area contributed by atoms with Crippen LogP contribution in [0, 0.1) is 0 Å². The molecule has 0 unspecified atom stereocenters. The molecule has 3 N–H and O–H groups in total. The van der Waals surface area contributed by atoms with Crippen molar-refractivity contribution in [3.05, 3.63) is 119 Å². The molecule has 0 spiro atoms. The quantitative estimate of drug-likeness (QED) is 0.325. The lowest BCUT2D eigenvalue weighted by molar-refractivity contribution is -0.150. The lowest BCUT2D eigenvalue weighted by atomic mass is 9.98. The average Bonchev–Trinajstić information content (AvgIpc) is 2.97. The number of hydrogen-bond donors (Lipinski definition) is 2. The van der Waals surface area contributed by atoms with Gasteiger partial charge in [-0.2, -0.15) is 0 Å². The highest BCUT2D eigenvalue weighted by molar-refractivity contribution is 5.98. The van der Waals surface area contributed by atoms with E-state index in [1.807, 2.05) is 78.9 Å². The molecule has 200 valence electrons. The van der Waals surface area contributed by atoms with Crippen LogP contribution >= 0.6 is 0 Å². The highest BCUT2D eigenvalue weighted by atomic mass is 16.4. The first-order valence-corrected chi connectivity index (χ1v) is 12.9. The Bertz CT molecular complexity index is 1470. The summed E-state index contributed by atoms with van der Waals surface area (Å²) in [5, 5.41) is 12.1. The lowest BCUT2D eigenvalue weighted by Crippen LogP contribution is -2.54. The second-order valence-corrected chi connectivity index (χ2v) is 9.71. The monoisotopic (exact) mass is 523 g/mol. The molecule has 0 aliphatic heterocycles. The van der Waals surface area contributed by atoms with Crippen LogP contribution < -0.4 is 5.73 Å². The van der Waals surface area contributed by atoms with Crippen molar-refractivity contribution in [3.63, 3.8) is 0 Å². The van der Waals surface area contributed by atoms with Crippen LogP contribution in [0.15, 0.2) is 97.1 Å². The molecule has 4 aromatic rings. The van der Waals surface area contributed by atoms with Crippen LogP contribution in [0.1, 0.15) is 27.0 Å². The number of hydrogen-bond acceptors (Lipinski definition) is 4. The second-order valence-electron chi connectivity index (χ2n) is 9.71. The number of aliphatic carboxylic acids is 1. The summed E-state index contributed by atoms with van der Waals surface area (Å²) in [5.74, 6) is -1.89. The number of rotatable bonds is 10. The van der Waals surface area contributed by atoms with Crippen molar-refractivity contribution in [1.29, 1.82) is 0 Å². The number of fused-ring (bicyclic) bond motifs is 1. The molecule has 7 nitrogen and oxygen atoms in total. The van der Waals surface area contributed by atoms with Gasteiger partial charge in [-0.3, -0.25) is 9.59 Å². The zero-order valence-electron chi connectivity index (χ0n) is 22.2.